The lowest BCUT2D eigenvalue weighted by Crippen LogP contribution is -2.39. The minimum Gasteiger partial charge on any atom is -0.338 e. The minimum atomic E-state index is 0.0994. The van der Waals surface area contributed by atoms with E-state index in [0.29, 0.717) is 24.0 Å². The Morgan fingerprint density at radius 3 is 2.70 bits per heavy atom. The van der Waals surface area contributed by atoms with Crippen LogP contribution in [0.15, 0.2) is 4.52 Å². The molecular formula is C16H23N5O2. The van der Waals surface area contributed by atoms with Crippen LogP contribution in [0.3, 0.4) is 0 Å². The highest BCUT2D eigenvalue weighted by Crippen LogP contribution is 2.29. The fourth-order valence-corrected chi connectivity index (χ4v) is 3.24. The quantitative estimate of drug-likeness (QED) is 0.863. The molecule has 2 aromatic rings. The van der Waals surface area contributed by atoms with E-state index in [2.05, 4.69) is 29.1 Å². The summed E-state index contributed by atoms with van der Waals surface area (Å²) in [5.74, 6) is 1.34. The van der Waals surface area contributed by atoms with Crippen LogP contribution in [0.25, 0.3) is 11.6 Å². The third-order valence-electron chi connectivity index (χ3n) is 4.62. The van der Waals surface area contributed by atoms with Gasteiger partial charge in [0.15, 0.2) is 11.5 Å². The van der Waals surface area contributed by atoms with E-state index in [4.69, 9.17) is 4.52 Å². The molecule has 7 heteroatoms. The van der Waals surface area contributed by atoms with Gasteiger partial charge in [-0.15, -0.1) is 0 Å². The van der Waals surface area contributed by atoms with Crippen molar-refractivity contribution in [3.8, 4) is 11.6 Å². The monoisotopic (exact) mass is 317 g/mol. The van der Waals surface area contributed by atoms with Crippen LogP contribution in [0, 0.1) is 12.8 Å². The van der Waals surface area contributed by atoms with Crippen molar-refractivity contribution >= 4 is 5.91 Å². The van der Waals surface area contributed by atoms with Gasteiger partial charge >= 0.3 is 0 Å². The fourth-order valence-electron chi connectivity index (χ4n) is 3.24. The predicted octanol–water partition coefficient (Wildman–Crippen LogP) is 2.10. The lowest BCUT2D eigenvalue weighted by molar-refractivity contribution is -0.136. The Morgan fingerprint density at radius 1 is 1.35 bits per heavy atom. The number of fused-ring (bicyclic) bond motifs is 1. The first-order valence-corrected chi connectivity index (χ1v) is 8.19. The summed E-state index contributed by atoms with van der Waals surface area (Å²) >= 11 is 0. The fraction of sp³-hybridized carbons (Fsp3) is 0.625. The van der Waals surface area contributed by atoms with E-state index < -0.39 is 0 Å². The second-order valence-electron chi connectivity index (χ2n) is 6.07. The van der Waals surface area contributed by atoms with Crippen LogP contribution in [0.2, 0.25) is 0 Å². The number of hydrogen-bond donors (Lipinski definition) is 0. The highest BCUT2D eigenvalue weighted by molar-refractivity contribution is 5.79. The maximum atomic E-state index is 12.7. The van der Waals surface area contributed by atoms with Gasteiger partial charge < -0.3 is 9.42 Å². The number of aromatic nitrogens is 4. The summed E-state index contributed by atoms with van der Waals surface area (Å²) in [6.45, 7) is 7.22. The van der Waals surface area contributed by atoms with Crippen molar-refractivity contribution < 1.29 is 9.32 Å². The molecule has 1 aliphatic rings. The molecule has 0 saturated carbocycles. The number of carbonyl (C=O) groups is 1. The van der Waals surface area contributed by atoms with Gasteiger partial charge in [0.25, 0.3) is 5.89 Å². The van der Waals surface area contributed by atoms with E-state index in [1.165, 1.54) is 0 Å². The molecule has 0 unspecified atom stereocenters. The lowest BCUT2D eigenvalue weighted by atomic mass is 9.98. The molecule has 0 bridgehead atoms. The van der Waals surface area contributed by atoms with Gasteiger partial charge in [-0.3, -0.25) is 9.48 Å². The number of rotatable bonds is 4. The Bertz CT molecular complexity index is 714. The Morgan fingerprint density at radius 2 is 2.09 bits per heavy atom. The molecule has 3 heterocycles. The standard InChI is InChI=1S/C16H23N5O2/c1-5-11(6-2)16(22)21-8-7-13-12(9-21)14(18-20(13)4)15-17-10(3)19-23-15/h11H,5-9H2,1-4H3. The zero-order valence-electron chi connectivity index (χ0n) is 14.2. The molecule has 0 spiro atoms. The van der Waals surface area contributed by atoms with Crippen molar-refractivity contribution in [2.45, 2.75) is 46.6 Å². The third-order valence-corrected chi connectivity index (χ3v) is 4.62. The molecule has 0 fully saturated rings. The van der Waals surface area contributed by atoms with Gasteiger partial charge in [0.2, 0.25) is 5.91 Å². The highest BCUT2D eigenvalue weighted by Gasteiger charge is 2.31. The van der Waals surface area contributed by atoms with Gasteiger partial charge in [0.1, 0.15) is 0 Å². The van der Waals surface area contributed by atoms with Gasteiger partial charge in [-0.1, -0.05) is 19.0 Å². The molecule has 0 aliphatic carbocycles. The Hall–Kier alpha value is -2.18. The first-order chi connectivity index (χ1) is 11.0. The predicted molar refractivity (Wildman–Crippen MR) is 84.4 cm³/mol. The number of hydrogen-bond acceptors (Lipinski definition) is 5. The molecule has 7 nitrogen and oxygen atoms in total. The zero-order valence-corrected chi connectivity index (χ0v) is 14.2. The van der Waals surface area contributed by atoms with Gasteiger partial charge in [-0.05, 0) is 19.8 Å². The van der Waals surface area contributed by atoms with E-state index >= 15 is 0 Å². The van der Waals surface area contributed by atoms with Crippen LogP contribution >= 0.6 is 0 Å². The molecule has 1 amide bonds. The van der Waals surface area contributed by atoms with E-state index in [1.54, 1.807) is 6.92 Å². The lowest BCUT2D eigenvalue weighted by Gasteiger charge is -2.30. The second-order valence-corrected chi connectivity index (χ2v) is 6.07. The summed E-state index contributed by atoms with van der Waals surface area (Å²) in [5.41, 5.74) is 2.87. The average molecular weight is 317 g/mol. The Balaban J connectivity index is 1.92. The molecule has 124 valence electrons. The van der Waals surface area contributed by atoms with Crippen molar-refractivity contribution in [3.63, 3.8) is 0 Å². The van der Waals surface area contributed by atoms with E-state index in [9.17, 15) is 4.79 Å². The minimum absolute atomic E-state index is 0.0994. The second kappa shape index (κ2) is 6.14. The van der Waals surface area contributed by atoms with Crippen molar-refractivity contribution in [2.24, 2.45) is 13.0 Å². The Kier molecular flexibility index (Phi) is 4.19. The van der Waals surface area contributed by atoms with Crippen LogP contribution in [-0.2, 0) is 24.8 Å². The smallest absolute Gasteiger partial charge is 0.278 e. The summed E-state index contributed by atoms with van der Waals surface area (Å²) in [5, 5.41) is 8.38. The van der Waals surface area contributed by atoms with Crippen LogP contribution in [-0.4, -0.2) is 37.3 Å². The highest BCUT2D eigenvalue weighted by atomic mass is 16.5. The van der Waals surface area contributed by atoms with Gasteiger partial charge in [-0.2, -0.15) is 10.1 Å². The summed E-state index contributed by atoms with van der Waals surface area (Å²) in [6, 6.07) is 0. The van der Waals surface area contributed by atoms with Crippen molar-refractivity contribution in [2.75, 3.05) is 6.54 Å². The molecule has 2 aromatic heterocycles. The number of aryl methyl sites for hydroxylation is 2. The molecule has 0 saturated heterocycles. The van der Waals surface area contributed by atoms with Crippen LogP contribution in [0.1, 0.15) is 43.8 Å². The van der Waals surface area contributed by atoms with Crippen molar-refractivity contribution in [3.05, 3.63) is 17.1 Å². The van der Waals surface area contributed by atoms with E-state index in [1.807, 2.05) is 16.6 Å². The molecule has 0 radical (unpaired) electrons. The van der Waals surface area contributed by atoms with Gasteiger partial charge in [0, 0.05) is 43.7 Å². The zero-order chi connectivity index (χ0) is 16.6. The average Bonchev–Trinajstić information content (AvgIpc) is 3.12. The number of nitrogens with zero attached hydrogens (tertiary/aromatic N) is 5. The van der Waals surface area contributed by atoms with Gasteiger partial charge in [-0.25, -0.2) is 0 Å². The maximum absolute atomic E-state index is 12.7. The number of carbonyl (C=O) groups excluding carboxylic acids is 1. The van der Waals surface area contributed by atoms with Crippen LogP contribution in [0.5, 0.6) is 0 Å². The molecule has 0 N–H and O–H groups in total. The summed E-state index contributed by atoms with van der Waals surface area (Å²) in [4.78, 5) is 18.9. The Labute approximate surface area is 135 Å². The van der Waals surface area contributed by atoms with E-state index in [-0.39, 0.29) is 11.8 Å². The molecule has 3 rings (SSSR count). The first kappa shape index (κ1) is 15.7. The SMILES string of the molecule is CCC(CC)C(=O)N1CCc2c(c(-c3nc(C)no3)nn2C)C1. The first-order valence-electron chi connectivity index (χ1n) is 8.19. The number of amides is 1. The third kappa shape index (κ3) is 2.75. The van der Waals surface area contributed by atoms with Gasteiger partial charge in [0.05, 0.1) is 0 Å². The van der Waals surface area contributed by atoms with E-state index in [0.717, 1.165) is 37.1 Å². The molecule has 0 atom stereocenters. The summed E-state index contributed by atoms with van der Waals surface area (Å²) < 4.78 is 7.14. The van der Waals surface area contributed by atoms with Crippen LogP contribution in [0.4, 0.5) is 0 Å². The largest absolute Gasteiger partial charge is 0.338 e. The molecule has 1 aliphatic heterocycles. The molecular weight excluding hydrogens is 294 g/mol. The van der Waals surface area contributed by atoms with Crippen molar-refractivity contribution in [1.29, 1.82) is 0 Å². The maximum Gasteiger partial charge on any atom is 0.278 e. The summed E-state index contributed by atoms with van der Waals surface area (Å²) in [6.07, 6.45) is 2.56. The topological polar surface area (TPSA) is 77.1 Å². The molecule has 0 aromatic carbocycles. The summed E-state index contributed by atoms with van der Waals surface area (Å²) in [7, 11) is 1.92. The normalized spacial score (nSPS) is 14.4. The molecule has 23 heavy (non-hydrogen) atoms. The van der Waals surface area contributed by atoms with Crippen molar-refractivity contribution in [1.82, 2.24) is 24.8 Å². The van der Waals surface area contributed by atoms with Crippen LogP contribution < -0.4 is 0 Å².